The minimum Gasteiger partial charge on any atom is -0.321 e. The summed E-state index contributed by atoms with van der Waals surface area (Å²) in [5, 5.41) is 2.79. The minimum atomic E-state index is -3.26. The van der Waals surface area contributed by atoms with Crippen LogP contribution < -0.4 is 5.32 Å². The molecule has 0 fully saturated rings. The van der Waals surface area contributed by atoms with Crippen molar-refractivity contribution in [2.24, 2.45) is 0 Å². The van der Waals surface area contributed by atoms with Crippen molar-refractivity contribution in [1.29, 1.82) is 0 Å². The number of nitrogens with one attached hydrogen (secondary N) is 1. The third kappa shape index (κ3) is 3.71. The Labute approximate surface area is 132 Å². The molecule has 2 rings (SSSR count). The molecule has 0 saturated carbocycles. The van der Waals surface area contributed by atoms with Gasteiger partial charge in [0.2, 0.25) is 0 Å². The van der Waals surface area contributed by atoms with Crippen LogP contribution in [0.25, 0.3) is 0 Å². The first-order chi connectivity index (χ1) is 9.79. The van der Waals surface area contributed by atoms with Crippen LogP contribution in [0.2, 0.25) is 0 Å². The summed E-state index contributed by atoms with van der Waals surface area (Å²) in [5.41, 5.74) is 2.09. The zero-order valence-corrected chi connectivity index (χ0v) is 14.0. The van der Waals surface area contributed by atoms with Gasteiger partial charge in [-0.1, -0.05) is 12.1 Å². The van der Waals surface area contributed by atoms with E-state index in [2.05, 4.69) is 21.2 Å². The maximum absolute atomic E-state index is 12.2. The van der Waals surface area contributed by atoms with Crippen LogP contribution >= 0.6 is 15.9 Å². The van der Waals surface area contributed by atoms with E-state index in [-0.39, 0.29) is 10.8 Å². The van der Waals surface area contributed by atoms with Crippen LogP contribution in [-0.2, 0) is 9.84 Å². The monoisotopic (exact) mass is 367 g/mol. The van der Waals surface area contributed by atoms with E-state index in [9.17, 15) is 13.2 Å². The lowest BCUT2D eigenvalue weighted by molar-refractivity contribution is 0.102. The first-order valence-corrected chi connectivity index (χ1v) is 8.84. The number of hydrogen-bond acceptors (Lipinski definition) is 3. The number of amides is 1. The molecule has 2 aromatic carbocycles. The van der Waals surface area contributed by atoms with Gasteiger partial charge in [0.1, 0.15) is 0 Å². The highest BCUT2D eigenvalue weighted by atomic mass is 79.9. The van der Waals surface area contributed by atoms with Crippen molar-refractivity contribution in [3.05, 3.63) is 58.1 Å². The van der Waals surface area contributed by atoms with Crippen LogP contribution in [0.4, 0.5) is 5.69 Å². The lowest BCUT2D eigenvalue weighted by atomic mass is 10.2. The fraction of sp³-hybridized carbons (Fsp3) is 0.133. The molecule has 4 nitrogen and oxygen atoms in total. The molecule has 0 bridgehead atoms. The normalized spacial score (nSPS) is 11.2. The summed E-state index contributed by atoms with van der Waals surface area (Å²) in [5.74, 6) is -0.290. The standard InChI is InChI=1S/C15H14BrNO3S/c1-10-4-3-5-13(14(10)16)17-15(18)11-6-8-12(9-7-11)21(2,19)20/h3-9H,1-2H3,(H,17,18). The van der Waals surface area contributed by atoms with Crippen molar-refractivity contribution >= 4 is 37.4 Å². The van der Waals surface area contributed by atoms with Crippen LogP contribution in [0, 0.1) is 6.92 Å². The van der Waals surface area contributed by atoms with Crippen LogP contribution in [0.1, 0.15) is 15.9 Å². The van der Waals surface area contributed by atoms with Gasteiger partial charge in [-0.2, -0.15) is 0 Å². The van der Waals surface area contributed by atoms with Crippen LogP contribution in [0.15, 0.2) is 51.8 Å². The molecule has 21 heavy (non-hydrogen) atoms. The van der Waals surface area contributed by atoms with Gasteiger partial charge < -0.3 is 5.32 Å². The Kier molecular flexibility index (Phi) is 4.49. The molecule has 110 valence electrons. The third-order valence-electron chi connectivity index (χ3n) is 2.98. The van der Waals surface area contributed by atoms with Gasteiger partial charge in [0.15, 0.2) is 9.84 Å². The van der Waals surface area contributed by atoms with E-state index >= 15 is 0 Å². The van der Waals surface area contributed by atoms with Crippen LogP contribution in [-0.4, -0.2) is 20.6 Å². The number of benzene rings is 2. The molecule has 0 aliphatic heterocycles. The molecule has 0 aliphatic rings. The Morgan fingerprint density at radius 3 is 2.29 bits per heavy atom. The largest absolute Gasteiger partial charge is 0.321 e. The quantitative estimate of drug-likeness (QED) is 0.903. The summed E-state index contributed by atoms with van der Waals surface area (Å²) in [6.45, 7) is 1.93. The summed E-state index contributed by atoms with van der Waals surface area (Å²) >= 11 is 3.42. The van der Waals surface area contributed by atoms with Crippen molar-refractivity contribution < 1.29 is 13.2 Å². The van der Waals surface area contributed by atoms with E-state index in [1.165, 1.54) is 24.3 Å². The second kappa shape index (κ2) is 5.99. The number of sulfone groups is 1. The van der Waals surface area contributed by atoms with Crippen molar-refractivity contribution in [3.8, 4) is 0 Å². The summed E-state index contributed by atoms with van der Waals surface area (Å²) in [4.78, 5) is 12.3. The van der Waals surface area contributed by atoms with Crippen molar-refractivity contribution in [1.82, 2.24) is 0 Å². The van der Waals surface area contributed by atoms with Crippen molar-refractivity contribution in [3.63, 3.8) is 0 Å². The molecule has 0 atom stereocenters. The lowest BCUT2D eigenvalue weighted by Crippen LogP contribution is -2.12. The fourth-order valence-corrected chi connectivity index (χ4v) is 2.79. The minimum absolute atomic E-state index is 0.191. The SMILES string of the molecule is Cc1cccc(NC(=O)c2ccc(S(C)(=O)=O)cc2)c1Br. The number of carbonyl (C=O) groups excluding carboxylic acids is 1. The summed E-state index contributed by atoms with van der Waals surface area (Å²) < 4.78 is 23.6. The second-order valence-corrected chi connectivity index (χ2v) is 7.50. The average molecular weight is 368 g/mol. The van der Waals surface area contributed by atoms with E-state index in [1.807, 2.05) is 19.1 Å². The van der Waals surface area contributed by atoms with E-state index in [4.69, 9.17) is 0 Å². The molecule has 6 heteroatoms. The van der Waals surface area contributed by atoms with Crippen molar-refractivity contribution in [2.75, 3.05) is 11.6 Å². The molecular formula is C15H14BrNO3S. The molecule has 0 radical (unpaired) electrons. The molecule has 1 amide bonds. The first kappa shape index (κ1) is 15.7. The maximum Gasteiger partial charge on any atom is 0.255 e. The maximum atomic E-state index is 12.2. The van der Waals surface area contributed by atoms with Gasteiger partial charge in [-0.3, -0.25) is 4.79 Å². The number of halogens is 1. The van der Waals surface area contributed by atoms with E-state index in [1.54, 1.807) is 6.07 Å². The second-order valence-electron chi connectivity index (χ2n) is 4.69. The molecule has 0 unspecified atom stereocenters. The molecule has 0 heterocycles. The topological polar surface area (TPSA) is 63.2 Å². The zero-order chi connectivity index (χ0) is 15.6. The number of carbonyl (C=O) groups is 1. The Morgan fingerprint density at radius 2 is 1.71 bits per heavy atom. The third-order valence-corrected chi connectivity index (χ3v) is 5.17. The smallest absolute Gasteiger partial charge is 0.255 e. The van der Waals surface area contributed by atoms with Gasteiger partial charge in [0.25, 0.3) is 5.91 Å². The van der Waals surface area contributed by atoms with Gasteiger partial charge in [0, 0.05) is 16.3 Å². The molecular weight excluding hydrogens is 354 g/mol. The number of aryl methyl sites for hydroxylation is 1. The zero-order valence-electron chi connectivity index (χ0n) is 11.6. The number of hydrogen-bond donors (Lipinski definition) is 1. The van der Waals surface area contributed by atoms with E-state index < -0.39 is 9.84 Å². The summed E-state index contributed by atoms with van der Waals surface area (Å²) in [7, 11) is -3.26. The summed E-state index contributed by atoms with van der Waals surface area (Å²) in [6, 6.07) is 11.4. The van der Waals surface area contributed by atoms with Gasteiger partial charge in [0.05, 0.1) is 10.6 Å². The van der Waals surface area contributed by atoms with Gasteiger partial charge in [-0.15, -0.1) is 0 Å². The summed E-state index contributed by atoms with van der Waals surface area (Å²) in [6.07, 6.45) is 1.13. The number of rotatable bonds is 3. The van der Waals surface area contributed by atoms with Crippen molar-refractivity contribution in [2.45, 2.75) is 11.8 Å². The predicted octanol–water partition coefficient (Wildman–Crippen LogP) is 3.41. The Bertz CT molecular complexity index is 783. The Hall–Kier alpha value is -1.66. The average Bonchev–Trinajstić information content (AvgIpc) is 2.43. The molecule has 1 N–H and O–H groups in total. The predicted molar refractivity (Wildman–Crippen MR) is 86.4 cm³/mol. The van der Waals surface area contributed by atoms with Crippen LogP contribution in [0.5, 0.6) is 0 Å². The lowest BCUT2D eigenvalue weighted by Gasteiger charge is -2.09. The van der Waals surface area contributed by atoms with Crippen LogP contribution in [0.3, 0.4) is 0 Å². The van der Waals surface area contributed by atoms with E-state index in [0.29, 0.717) is 11.3 Å². The van der Waals surface area contributed by atoms with Gasteiger partial charge in [-0.05, 0) is 58.7 Å². The molecule has 2 aromatic rings. The molecule has 0 spiro atoms. The van der Waals surface area contributed by atoms with Gasteiger partial charge in [-0.25, -0.2) is 8.42 Å². The molecule has 0 aliphatic carbocycles. The Balaban J connectivity index is 2.23. The highest BCUT2D eigenvalue weighted by Gasteiger charge is 2.11. The molecule has 0 saturated heterocycles. The fourth-order valence-electron chi connectivity index (χ4n) is 1.79. The van der Waals surface area contributed by atoms with Gasteiger partial charge >= 0.3 is 0 Å². The molecule has 0 aromatic heterocycles. The number of anilines is 1. The van der Waals surface area contributed by atoms with E-state index in [0.717, 1.165) is 16.3 Å². The first-order valence-electron chi connectivity index (χ1n) is 6.15. The Morgan fingerprint density at radius 1 is 1.10 bits per heavy atom. The highest BCUT2D eigenvalue weighted by Crippen LogP contribution is 2.26. The highest BCUT2D eigenvalue weighted by molar-refractivity contribution is 9.10.